The molecule has 0 aliphatic heterocycles. The highest BCUT2D eigenvalue weighted by Gasteiger charge is 2.08. The van der Waals surface area contributed by atoms with Crippen LogP contribution < -0.4 is 4.74 Å². The van der Waals surface area contributed by atoms with Gasteiger partial charge in [0.15, 0.2) is 10.3 Å². The molecule has 0 spiro atoms. The molecule has 6 heteroatoms. The van der Waals surface area contributed by atoms with Gasteiger partial charge in [-0.1, -0.05) is 23.2 Å². The molecule has 2 aromatic heterocycles. The molecule has 0 N–H and O–H groups in total. The topological polar surface area (TPSA) is 47.9 Å². The number of rotatable bonds is 3. The number of pyridine rings is 1. The van der Waals surface area contributed by atoms with Gasteiger partial charge in [0.05, 0.1) is 12.8 Å². The molecular formula is C11H9Cl2N3O. The van der Waals surface area contributed by atoms with Crippen LogP contribution in [0.2, 0.25) is 10.3 Å². The summed E-state index contributed by atoms with van der Waals surface area (Å²) in [5.41, 5.74) is 1.47. The summed E-state index contributed by atoms with van der Waals surface area (Å²) >= 11 is 11.7. The number of ether oxygens (including phenoxy) is 1. The zero-order valence-electron chi connectivity index (χ0n) is 9.02. The van der Waals surface area contributed by atoms with Gasteiger partial charge in [0, 0.05) is 17.3 Å². The van der Waals surface area contributed by atoms with Gasteiger partial charge < -0.3 is 4.74 Å². The van der Waals surface area contributed by atoms with Crippen LogP contribution in [0.25, 0.3) is 11.1 Å². The van der Waals surface area contributed by atoms with Gasteiger partial charge >= 0.3 is 0 Å². The zero-order valence-corrected chi connectivity index (χ0v) is 10.5. The lowest BCUT2D eigenvalue weighted by atomic mass is 10.1. The van der Waals surface area contributed by atoms with Crippen LogP contribution in [0.1, 0.15) is 6.92 Å². The van der Waals surface area contributed by atoms with E-state index in [9.17, 15) is 0 Å². The molecule has 4 nitrogen and oxygen atoms in total. The molecule has 2 aromatic rings. The number of aromatic nitrogens is 3. The quantitative estimate of drug-likeness (QED) is 0.858. The Bertz CT molecular complexity index is 534. The maximum absolute atomic E-state index is 5.96. The van der Waals surface area contributed by atoms with E-state index in [1.165, 1.54) is 0 Å². The van der Waals surface area contributed by atoms with Gasteiger partial charge in [-0.2, -0.15) is 0 Å². The van der Waals surface area contributed by atoms with Gasteiger partial charge in [-0.05, 0) is 19.1 Å². The van der Waals surface area contributed by atoms with Crippen LogP contribution in [0.15, 0.2) is 24.5 Å². The first-order valence-corrected chi connectivity index (χ1v) is 5.73. The van der Waals surface area contributed by atoms with E-state index in [0.29, 0.717) is 17.9 Å². The van der Waals surface area contributed by atoms with Crippen LogP contribution in [0.3, 0.4) is 0 Å². The summed E-state index contributed by atoms with van der Waals surface area (Å²) in [5, 5.41) is 7.97. The van der Waals surface area contributed by atoms with Crippen LogP contribution in [0, 0.1) is 0 Å². The van der Waals surface area contributed by atoms with E-state index in [4.69, 9.17) is 27.9 Å². The monoisotopic (exact) mass is 269 g/mol. The summed E-state index contributed by atoms with van der Waals surface area (Å²) in [7, 11) is 0. The lowest BCUT2D eigenvalue weighted by molar-refractivity contribution is 0.339. The fourth-order valence-corrected chi connectivity index (χ4v) is 1.72. The summed E-state index contributed by atoms with van der Waals surface area (Å²) in [4.78, 5) is 4.08. The molecule has 0 aliphatic rings. The SMILES string of the molecule is CCOc1cncc(-c2cc(Cl)nnc2Cl)c1. The van der Waals surface area contributed by atoms with Crippen LogP contribution in [-0.4, -0.2) is 21.8 Å². The third-order valence-electron chi connectivity index (χ3n) is 2.05. The molecular weight excluding hydrogens is 261 g/mol. The van der Waals surface area contributed by atoms with Crippen LogP contribution in [-0.2, 0) is 0 Å². The van der Waals surface area contributed by atoms with Gasteiger partial charge in [0.2, 0.25) is 0 Å². The first-order chi connectivity index (χ1) is 8.20. The van der Waals surface area contributed by atoms with Gasteiger partial charge in [-0.25, -0.2) is 0 Å². The molecule has 88 valence electrons. The maximum atomic E-state index is 5.96. The fraction of sp³-hybridized carbons (Fsp3) is 0.182. The Morgan fingerprint density at radius 3 is 2.76 bits per heavy atom. The number of nitrogens with zero attached hydrogens (tertiary/aromatic N) is 3. The minimum absolute atomic E-state index is 0.282. The summed E-state index contributed by atoms with van der Waals surface area (Å²) in [6.45, 7) is 2.48. The standard InChI is InChI=1S/C11H9Cl2N3O/c1-2-17-8-3-7(5-14-6-8)9-4-10(12)15-16-11(9)13/h3-6H,2H2,1H3. The molecule has 2 rings (SSSR count). The van der Waals surface area contributed by atoms with Gasteiger partial charge in [-0.15, -0.1) is 10.2 Å². The molecule has 0 saturated heterocycles. The Morgan fingerprint density at radius 1 is 1.18 bits per heavy atom. The maximum Gasteiger partial charge on any atom is 0.159 e. The number of halogens is 2. The minimum atomic E-state index is 0.282. The summed E-state index contributed by atoms with van der Waals surface area (Å²) in [6.07, 6.45) is 3.30. The molecule has 17 heavy (non-hydrogen) atoms. The Morgan fingerprint density at radius 2 is 2.00 bits per heavy atom. The highest BCUT2D eigenvalue weighted by molar-refractivity contribution is 6.33. The van der Waals surface area contributed by atoms with Crippen molar-refractivity contribution in [2.24, 2.45) is 0 Å². The predicted octanol–water partition coefficient (Wildman–Crippen LogP) is 3.24. The molecule has 0 amide bonds. The second kappa shape index (κ2) is 5.29. The van der Waals surface area contributed by atoms with E-state index >= 15 is 0 Å². The molecule has 0 atom stereocenters. The van der Waals surface area contributed by atoms with E-state index in [-0.39, 0.29) is 10.3 Å². The third kappa shape index (κ3) is 2.84. The molecule has 0 unspecified atom stereocenters. The Kier molecular flexibility index (Phi) is 3.76. The third-order valence-corrected chi connectivity index (χ3v) is 2.52. The van der Waals surface area contributed by atoms with Crippen molar-refractivity contribution in [3.8, 4) is 16.9 Å². The zero-order chi connectivity index (χ0) is 12.3. The first kappa shape index (κ1) is 12.1. The summed E-state index contributed by atoms with van der Waals surface area (Å²) in [6, 6.07) is 3.47. The van der Waals surface area contributed by atoms with E-state index in [2.05, 4.69) is 15.2 Å². The summed E-state index contributed by atoms with van der Waals surface area (Å²) in [5.74, 6) is 0.675. The van der Waals surface area contributed by atoms with E-state index in [0.717, 1.165) is 5.56 Å². The molecule has 0 radical (unpaired) electrons. The second-order valence-corrected chi connectivity index (χ2v) is 3.96. The molecule has 0 aromatic carbocycles. The van der Waals surface area contributed by atoms with E-state index < -0.39 is 0 Å². The highest BCUT2D eigenvalue weighted by Crippen LogP contribution is 2.28. The van der Waals surface area contributed by atoms with Crippen molar-refractivity contribution >= 4 is 23.2 Å². The van der Waals surface area contributed by atoms with E-state index in [1.807, 2.05) is 13.0 Å². The van der Waals surface area contributed by atoms with Crippen LogP contribution in [0.4, 0.5) is 0 Å². The van der Waals surface area contributed by atoms with Crippen LogP contribution in [0.5, 0.6) is 5.75 Å². The second-order valence-electron chi connectivity index (χ2n) is 3.21. The molecule has 2 heterocycles. The average molecular weight is 270 g/mol. The lowest BCUT2D eigenvalue weighted by Crippen LogP contribution is -1.93. The normalized spacial score (nSPS) is 10.3. The first-order valence-electron chi connectivity index (χ1n) is 4.97. The van der Waals surface area contributed by atoms with Crippen molar-refractivity contribution in [3.05, 3.63) is 34.8 Å². The minimum Gasteiger partial charge on any atom is -0.492 e. The van der Waals surface area contributed by atoms with E-state index in [1.54, 1.807) is 18.5 Å². The van der Waals surface area contributed by atoms with Gasteiger partial charge in [-0.3, -0.25) is 4.98 Å². The predicted molar refractivity (Wildman–Crippen MR) is 66.5 cm³/mol. The van der Waals surface area contributed by atoms with Crippen molar-refractivity contribution in [2.75, 3.05) is 6.61 Å². The molecule has 0 aliphatic carbocycles. The van der Waals surface area contributed by atoms with Gasteiger partial charge in [0.25, 0.3) is 0 Å². The van der Waals surface area contributed by atoms with Crippen molar-refractivity contribution in [2.45, 2.75) is 6.92 Å². The Labute approximate surface area is 109 Å². The number of hydrogen-bond donors (Lipinski definition) is 0. The van der Waals surface area contributed by atoms with Crippen molar-refractivity contribution in [3.63, 3.8) is 0 Å². The van der Waals surface area contributed by atoms with Crippen molar-refractivity contribution in [1.29, 1.82) is 0 Å². The Balaban J connectivity index is 2.45. The van der Waals surface area contributed by atoms with Gasteiger partial charge in [0.1, 0.15) is 5.75 Å². The van der Waals surface area contributed by atoms with Crippen molar-refractivity contribution in [1.82, 2.24) is 15.2 Å². The molecule has 0 bridgehead atoms. The average Bonchev–Trinajstić information content (AvgIpc) is 2.33. The number of hydrogen-bond acceptors (Lipinski definition) is 4. The fourth-order valence-electron chi connectivity index (χ4n) is 1.37. The lowest BCUT2D eigenvalue weighted by Gasteiger charge is -2.06. The molecule has 0 fully saturated rings. The van der Waals surface area contributed by atoms with Crippen LogP contribution >= 0.6 is 23.2 Å². The molecule has 0 saturated carbocycles. The smallest absolute Gasteiger partial charge is 0.159 e. The Hall–Kier alpha value is -1.39. The largest absolute Gasteiger partial charge is 0.492 e. The highest BCUT2D eigenvalue weighted by atomic mass is 35.5. The van der Waals surface area contributed by atoms with Crippen molar-refractivity contribution < 1.29 is 4.74 Å². The summed E-state index contributed by atoms with van der Waals surface area (Å²) < 4.78 is 5.36.